The number of fused-ring (bicyclic) bond motifs is 1. The van der Waals surface area contributed by atoms with Gasteiger partial charge in [-0.15, -0.1) is 11.3 Å². The summed E-state index contributed by atoms with van der Waals surface area (Å²) < 4.78 is 0.785. The van der Waals surface area contributed by atoms with Crippen molar-refractivity contribution in [1.29, 1.82) is 0 Å². The van der Waals surface area contributed by atoms with Crippen molar-refractivity contribution in [2.24, 2.45) is 0 Å². The van der Waals surface area contributed by atoms with Crippen LogP contribution in [0.4, 0.5) is 5.69 Å². The molecular weight excluding hydrogens is 212 g/mol. The van der Waals surface area contributed by atoms with E-state index in [9.17, 15) is 10.1 Å². The van der Waals surface area contributed by atoms with Crippen LogP contribution in [0.15, 0.2) is 17.6 Å². The summed E-state index contributed by atoms with van der Waals surface area (Å²) in [5.74, 6) is 0. The van der Waals surface area contributed by atoms with Gasteiger partial charge in [-0.3, -0.25) is 10.1 Å². The van der Waals surface area contributed by atoms with Crippen LogP contribution in [0.5, 0.6) is 0 Å². The van der Waals surface area contributed by atoms with E-state index in [1.165, 1.54) is 23.5 Å². The Morgan fingerprint density at radius 3 is 3.00 bits per heavy atom. The number of nitrogens with zero attached hydrogens (tertiary/aromatic N) is 2. The third-order valence-electron chi connectivity index (χ3n) is 1.58. The van der Waals surface area contributed by atoms with Crippen molar-refractivity contribution in [2.75, 3.05) is 0 Å². The summed E-state index contributed by atoms with van der Waals surface area (Å²) >= 11 is 7.18. The van der Waals surface area contributed by atoms with Crippen LogP contribution in [-0.2, 0) is 0 Å². The van der Waals surface area contributed by atoms with Crippen molar-refractivity contribution in [1.82, 2.24) is 4.98 Å². The van der Waals surface area contributed by atoms with Crippen LogP contribution in [0.25, 0.3) is 10.2 Å². The lowest BCUT2D eigenvalue weighted by molar-refractivity contribution is -0.384. The van der Waals surface area contributed by atoms with Gasteiger partial charge in [0.15, 0.2) is 0 Å². The third kappa shape index (κ3) is 1.36. The Labute approximate surface area is 81.9 Å². The van der Waals surface area contributed by atoms with Gasteiger partial charge in [-0.05, 0) is 0 Å². The fourth-order valence-electron chi connectivity index (χ4n) is 1.02. The molecule has 0 saturated carbocycles. The molecule has 0 bridgehead atoms. The molecule has 2 aromatic rings. The Kier molecular flexibility index (Phi) is 1.90. The van der Waals surface area contributed by atoms with E-state index >= 15 is 0 Å². The molecule has 0 aliphatic rings. The van der Waals surface area contributed by atoms with Gasteiger partial charge in [0.2, 0.25) is 0 Å². The fourth-order valence-corrected chi connectivity index (χ4v) is 2.04. The molecule has 0 aliphatic carbocycles. The summed E-state index contributed by atoms with van der Waals surface area (Å²) in [7, 11) is 0. The standard InChI is InChI=1S/C7H3ClN2O2S/c8-5-1-4(10(11)12)2-6-7(5)13-3-9-6/h1-3H. The van der Waals surface area contributed by atoms with Gasteiger partial charge in [-0.25, -0.2) is 4.98 Å². The van der Waals surface area contributed by atoms with Gasteiger partial charge in [-0.1, -0.05) is 11.6 Å². The number of halogens is 1. The van der Waals surface area contributed by atoms with E-state index in [-0.39, 0.29) is 5.69 Å². The SMILES string of the molecule is O=[N+]([O-])c1cc(Cl)c2scnc2c1. The summed E-state index contributed by atoms with van der Waals surface area (Å²) in [6.07, 6.45) is 0. The van der Waals surface area contributed by atoms with Crippen molar-refractivity contribution in [3.8, 4) is 0 Å². The molecule has 0 fully saturated rings. The lowest BCUT2D eigenvalue weighted by Gasteiger charge is -1.93. The van der Waals surface area contributed by atoms with E-state index in [0.717, 1.165) is 4.70 Å². The van der Waals surface area contributed by atoms with Crippen LogP contribution < -0.4 is 0 Å². The molecule has 1 aromatic carbocycles. The summed E-state index contributed by atoms with van der Waals surface area (Å²) in [5, 5.41) is 10.8. The maximum Gasteiger partial charge on any atom is 0.273 e. The average Bonchev–Trinajstić information content (AvgIpc) is 2.51. The van der Waals surface area contributed by atoms with E-state index < -0.39 is 4.92 Å². The number of thiazole rings is 1. The highest BCUT2D eigenvalue weighted by atomic mass is 35.5. The van der Waals surface area contributed by atoms with E-state index in [1.54, 1.807) is 5.51 Å². The first kappa shape index (κ1) is 8.40. The van der Waals surface area contributed by atoms with Crippen LogP contribution in [0.1, 0.15) is 0 Å². The van der Waals surface area contributed by atoms with Gasteiger partial charge in [0, 0.05) is 12.1 Å². The van der Waals surface area contributed by atoms with Crippen LogP contribution in [0, 0.1) is 10.1 Å². The molecule has 13 heavy (non-hydrogen) atoms. The first-order valence-corrected chi connectivity index (χ1v) is 4.61. The normalized spacial score (nSPS) is 10.5. The summed E-state index contributed by atoms with van der Waals surface area (Å²) in [4.78, 5) is 13.9. The summed E-state index contributed by atoms with van der Waals surface area (Å²) in [5.41, 5.74) is 2.16. The van der Waals surface area contributed by atoms with Gasteiger partial charge in [0.25, 0.3) is 5.69 Å². The smallest absolute Gasteiger partial charge is 0.258 e. The van der Waals surface area contributed by atoms with Crippen molar-refractivity contribution >= 4 is 38.8 Å². The topological polar surface area (TPSA) is 56.0 Å². The maximum atomic E-state index is 10.4. The zero-order valence-corrected chi connectivity index (χ0v) is 7.80. The number of aromatic nitrogens is 1. The highest BCUT2D eigenvalue weighted by Crippen LogP contribution is 2.30. The fraction of sp³-hybridized carbons (Fsp3) is 0. The van der Waals surface area contributed by atoms with Crippen molar-refractivity contribution < 1.29 is 4.92 Å². The molecule has 0 N–H and O–H groups in total. The minimum atomic E-state index is -0.481. The zero-order chi connectivity index (χ0) is 9.42. The van der Waals surface area contributed by atoms with E-state index in [4.69, 9.17) is 11.6 Å². The third-order valence-corrected chi connectivity index (χ3v) is 2.87. The second-order valence-electron chi connectivity index (χ2n) is 2.39. The van der Waals surface area contributed by atoms with Crippen molar-refractivity contribution in [3.63, 3.8) is 0 Å². The molecule has 0 spiro atoms. The van der Waals surface area contributed by atoms with E-state index in [0.29, 0.717) is 10.5 Å². The summed E-state index contributed by atoms with van der Waals surface area (Å²) in [6.45, 7) is 0. The lowest BCUT2D eigenvalue weighted by Crippen LogP contribution is -1.87. The van der Waals surface area contributed by atoms with Crippen LogP contribution >= 0.6 is 22.9 Å². The molecule has 0 amide bonds. The van der Waals surface area contributed by atoms with E-state index in [2.05, 4.69) is 4.98 Å². The molecule has 0 saturated heterocycles. The Morgan fingerprint density at radius 2 is 2.31 bits per heavy atom. The van der Waals surface area contributed by atoms with Crippen molar-refractivity contribution in [3.05, 3.63) is 32.8 Å². The van der Waals surface area contributed by atoms with Gasteiger partial charge in [-0.2, -0.15) is 0 Å². The number of hydrogen-bond acceptors (Lipinski definition) is 4. The van der Waals surface area contributed by atoms with Gasteiger partial charge in [0.1, 0.15) is 0 Å². The van der Waals surface area contributed by atoms with E-state index in [1.807, 2.05) is 0 Å². The molecule has 0 atom stereocenters. The lowest BCUT2D eigenvalue weighted by atomic mass is 10.3. The Morgan fingerprint density at radius 1 is 1.54 bits per heavy atom. The summed E-state index contributed by atoms with van der Waals surface area (Å²) in [6, 6.07) is 2.75. The first-order valence-electron chi connectivity index (χ1n) is 3.35. The van der Waals surface area contributed by atoms with Gasteiger partial charge in [0.05, 0.1) is 25.7 Å². The average molecular weight is 215 g/mol. The minimum Gasteiger partial charge on any atom is -0.258 e. The predicted octanol–water partition coefficient (Wildman–Crippen LogP) is 2.86. The Hall–Kier alpha value is -1.20. The maximum absolute atomic E-state index is 10.4. The molecule has 66 valence electrons. The molecule has 2 rings (SSSR count). The minimum absolute atomic E-state index is 0.0246. The quantitative estimate of drug-likeness (QED) is 0.542. The van der Waals surface area contributed by atoms with Gasteiger partial charge < -0.3 is 0 Å². The molecule has 6 heteroatoms. The molecule has 1 aromatic heterocycles. The molecule has 0 aliphatic heterocycles. The number of hydrogen-bond donors (Lipinski definition) is 0. The monoisotopic (exact) mass is 214 g/mol. The molecule has 4 nitrogen and oxygen atoms in total. The second kappa shape index (κ2) is 2.93. The first-order chi connectivity index (χ1) is 6.18. The zero-order valence-electron chi connectivity index (χ0n) is 6.23. The van der Waals surface area contributed by atoms with Crippen LogP contribution in [0.3, 0.4) is 0 Å². The van der Waals surface area contributed by atoms with Gasteiger partial charge >= 0.3 is 0 Å². The number of benzene rings is 1. The molecule has 1 heterocycles. The Bertz CT molecular complexity index is 482. The second-order valence-corrected chi connectivity index (χ2v) is 3.65. The number of nitro groups is 1. The number of non-ortho nitro benzene ring substituents is 1. The largest absolute Gasteiger partial charge is 0.273 e. The highest BCUT2D eigenvalue weighted by Gasteiger charge is 2.11. The van der Waals surface area contributed by atoms with Crippen LogP contribution in [0.2, 0.25) is 5.02 Å². The van der Waals surface area contributed by atoms with Crippen molar-refractivity contribution in [2.45, 2.75) is 0 Å². The molecule has 0 unspecified atom stereocenters. The highest BCUT2D eigenvalue weighted by molar-refractivity contribution is 7.17. The van der Waals surface area contributed by atoms with Crippen LogP contribution in [-0.4, -0.2) is 9.91 Å². The Balaban J connectivity index is 2.77. The molecular formula is C7H3ClN2O2S. The number of nitro benzene ring substituents is 1. The molecule has 0 radical (unpaired) electrons. The number of rotatable bonds is 1. The predicted molar refractivity (Wildman–Crippen MR) is 51.3 cm³/mol.